The summed E-state index contributed by atoms with van der Waals surface area (Å²) in [6.07, 6.45) is 0.472. The Morgan fingerprint density at radius 2 is 1.95 bits per heavy atom. The van der Waals surface area contributed by atoms with Crippen molar-refractivity contribution in [3.05, 3.63) is 63.9 Å². The van der Waals surface area contributed by atoms with E-state index in [4.69, 9.17) is 10.5 Å². The van der Waals surface area contributed by atoms with Crippen LogP contribution in [0.25, 0.3) is 0 Å². The van der Waals surface area contributed by atoms with E-state index in [0.29, 0.717) is 10.2 Å². The number of hydrogen-bond donors (Lipinski definition) is 1. The molecular formula is C17H19BrFNO. The number of halogens is 2. The highest BCUT2D eigenvalue weighted by Gasteiger charge is 2.22. The van der Waals surface area contributed by atoms with E-state index in [-0.39, 0.29) is 18.0 Å². The van der Waals surface area contributed by atoms with Crippen molar-refractivity contribution in [2.45, 2.75) is 32.4 Å². The lowest BCUT2D eigenvalue weighted by Crippen LogP contribution is -2.32. The molecule has 2 aromatic carbocycles. The summed E-state index contributed by atoms with van der Waals surface area (Å²) < 4.78 is 20.1. The van der Waals surface area contributed by atoms with Crippen LogP contribution in [0.4, 0.5) is 4.39 Å². The molecule has 0 aliphatic carbocycles. The van der Waals surface area contributed by atoms with Crippen molar-refractivity contribution in [2.24, 2.45) is 5.73 Å². The zero-order chi connectivity index (χ0) is 15.4. The standard InChI is InChI=1S/C17H19BrFNO/c1-3-16(20)17(15-7-5-4-6-11(15)2)21-14-9-12(18)8-13(19)10-14/h4-10,16-17H,3,20H2,1-2H3. The second kappa shape index (κ2) is 7.05. The lowest BCUT2D eigenvalue weighted by Gasteiger charge is -2.26. The van der Waals surface area contributed by atoms with Crippen molar-refractivity contribution in [3.8, 4) is 5.75 Å². The predicted octanol–water partition coefficient (Wildman–Crippen LogP) is 4.75. The smallest absolute Gasteiger partial charge is 0.139 e. The summed E-state index contributed by atoms with van der Waals surface area (Å²) in [6, 6.07) is 12.3. The van der Waals surface area contributed by atoms with Gasteiger partial charge in [0.2, 0.25) is 0 Å². The molecule has 0 aliphatic rings. The summed E-state index contributed by atoms with van der Waals surface area (Å²) in [4.78, 5) is 0. The Labute approximate surface area is 133 Å². The van der Waals surface area contributed by atoms with Gasteiger partial charge in [0.25, 0.3) is 0 Å². The maximum absolute atomic E-state index is 13.5. The van der Waals surface area contributed by atoms with Crippen LogP contribution < -0.4 is 10.5 Å². The van der Waals surface area contributed by atoms with Crippen molar-refractivity contribution < 1.29 is 9.13 Å². The summed E-state index contributed by atoms with van der Waals surface area (Å²) in [5.41, 5.74) is 8.36. The molecule has 4 heteroatoms. The average molecular weight is 352 g/mol. The molecule has 2 atom stereocenters. The maximum atomic E-state index is 13.5. The van der Waals surface area contributed by atoms with E-state index >= 15 is 0 Å². The van der Waals surface area contributed by atoms with E-state index in [0.717, 1.165) is 17.5 Å². The normalized spacial score (nSPS) is 13.8. The molecule has 0 aromatic heterocycles. The van der Waals surface area contributed by atoms with E-state index in [9.17, 15) is 4.39 Å². The first-order valence-corrected chi connectivity index (χ1v) is 7.74. The third-order valence-corrected chi connectivity index (χ3v) is 3.91. The molecule has 0 heterocycles. The van der Waals surface area contributed by atoms with Gasteiger partial charge in [0.1, 0.15) is 17.7 Å². The molecule has 21 heavy (non-hydrogen) atoms. The molecule has 0 bridgehead atoms. The first-order valence-electron chi connectivity index (χ1n) is 6.95. The molecule has 2 unspecified atom stereocenters. The number of hydrogen-bond acceptors (Lipinski definition) is 2. The Kier molecular flexibility index (Phi) is 5.37. The fourth-order valence-corrected chi connectivity index (χ4v) is 2.69. The second-order valence-electron chi connectivity index (χ2n) is 5.07. The lowest BCUT2D eigenvalue weighted by molar-refractivity contribution is 0.169. The van der Waals surface area contributed by atoms with E-state index in [1.165, 1.54) is 12.1 Å². The summed E-state index contributed by atoms with van der Waals surface area (Å²) in [5, 5.41) is 0. The molecule has 2 nitrogen and oxygen atoms in total. The fraction of sp³-hybridized carbons (Fsp3) is 0.294. The topological polar surface area (TPSA) is 35.2 Å². The first-order chi connectivity index (χ1) is 10.0. The number of benzene rings is 2. The molecule has 0 saturated heterocycles. The molecule has 2 rings (SSSR count). The highest BCUT2D eigenvalue weighted by atomic mass is 79.9. The average Bonchev–Trinajstić information content (AvgIpc) is 2.44. The number of rotatable bonds is 5. The van der Waals surface area contributed by atoms with Gasteiger partial charge in [-0.05, 0) is 36.6 Å². The molecule has 2 N–H and O–H groups in total. The van der Waals surface area contributed by atoms with E-state index in [1.54, 1.807) is 6.07 Å². The Morgan fingerprint density at radius 3 is 2.57 bits per heavy atom. The van der Waals surface area contributed by atoms with Crippen molar-refractivity contribution in [1.82, 2.24) is 0 Å². The molecular weight excluding hydrogens is 333 g/mol. The van der Waals surface area contributed by atoms with Crippen molar-refractivity contribution in [2.75, 3.05) is 0 Å². The minimum atomic E-state index is -0.340. The van der Waals surface area contributed by atoms with Gasteiger partial charge in [0.15, 0.2) is 0 Å². The molecule has 0 saturated carbocycles. The fourth-order valence-electron chi connectivity index (χ4n) is 2.24. The van der Waals surface area contributed by atoms with Crippen LogP contribution in [0.2, 0.25) is 0 Å². The first kappa shape index (κ1) is 16.0. The van der Waals surface area contributed by atoms with Crippen LogP contribution >= 0.6 is 15.9 Å². The van der Waals surface area contributed by atoms with Gasteiger partial charge < -0.3 is 10.5 Å². The number of nitrogens with two attached hydrogens (primary N) is 1. The van der Waals surface area contributed by atoms with Crippen LogP contribution in [0, 0.1) is 12.7 Å². The van der Waals surface area contributed by atoms with Gasteiger partial charge in [-0.2, -0.15) is 0 Å². The number of aryl methyl sites for hydroxylation is 1. The zero-order valence-electron chi connectivity index (χ0n) is 12.1. The minimum absolute atomic E-state index is 0.159. The molecule has 0 aliphatic heterocycles. The number of ether oxygens (including phenoxy) is 1. The Hall–Kier alpha value is -1.39. The van der Waals surface area contributed by atoms with Gasteiger partial charge in [0, 0.05) is 16.6 Å². The van der Waals surface area contributed by atoms with Crippen LogP contribution in [0.5, 0.6) is 5.75 Å². The summed E-state index contributed by atoms with van der Waals surface area (Å²) >= 11 is 3.28. The Morgan fingerprint density at radius 1 is 1.24 bits per heavy atom. The van der Waals surface area contributed by atoms with Crippen molar-refractivity contribution in [1.29, 1.82) is 0 Å². The summed E-state index contributed by atoms with van der Waals surface area (Å²) in [5.74, 6) is 0.131. The zero-order valence-corrected chi connectivity index (χ0v) is 13.7. The largest absolute Gasteiger partial charge is 0.484 e. The Balaban J connectivity index is 2.35. The summed E-state index contributed by atoms with van der Waals surface area (Å²) in [7, 11) is 0. The van der Waals surface area contributed by atoms with Gasteiger partial charge in [-0.15, -0.1) is 0 Å². The maximum Gasteiger partial charge on any atom is 0.139 e. The minimum Gasteiger partial charge on any atom is -0.484 e. The molecule has 0 amide bonds. The molecule has 0 radical (unpaired) electrons. The second-order valence-corrected chi connectivity index (χ2v) is 5.99. The van der Waals surface area contributed by atoms with Gasteiger partial charge >= 0.3 is 0 Å². The van der Waals surface area contributed by atoms with Crippen LogP contribution in [0.15, 0.2) is 46.9 Å². The summed E-state index contributed by atoms with van der Waals surface area (Å²) in [6.45, 7) is 4.04. The van der Waals surface area contributed by atoms with Gasteiger partial charge in [-0.3, -0.25) is 0 Å². The van der Waals surface area contributed by atoms with Crippen LogP contribution in [-0.4, -0.2) is 6.04 Å². The SMILES string of the molecule is CCC(N)C(Oc1cc(F)cc(Br)c1)c1ccccc1C. The van der Waals surface area contributed by atoms with E-state index in [1.807, 2.05) is 38.1 Å². The Bertz CT molecular complexity index is 597. The third-order valence-electron chi connectivity index (χ3n) is 3.45. The van der Waals surface area contributed by atoms with E-state index < -0.39 is 0 Å². The van der Waals surface area contributed by atoms with E-state index in [2.05, 4.69) is 15.9 Å². The molecule has 112 valence electrons. The lowest BCUT2D eigenvalue weighted by atomic mass is 9.97. The van der Waals surface area contributed by atoms with Crippen LogP contribution in [0.1, 0.15) is 30.6 Å². The highest BCUT2D eigenvalue weighted by Crippen LogP contribution is 2.29. The molecule has 0 spiro atoms. The third kappa shape index (κ3) is 4.05. The monoisotopic (exact) mass is 351 g/mol. The van der Waals surface area contributed by atoms with Gasteiger partial charge in [0.05, 0.1) is 0 Å². The van der Waals surface area contributed by atoms with Crippen molar-refractivity contribution >= 4 is 15.9 Å². The molecule has 0 fully saturated rings. The predicted molar refractivity (Wildman–Crippen MR) is 86.9 cm³/mol. The van der Waals surface area contributed by atoms with Crippen LogP contribution in [0.3, 0.4) is 0 Å². The van der Waals surface area contributed by atoms with Crippen molar-refractivity contribution in [3.63, 3.8) is 0 Å². The van der Waals surface area contributed by atoms with Crippen LogP contribution in [-0.2, 0) is 0 Å². The van der Waals surface area contributed by atoms with Gasteiger partial charge in [-0.1, -0.05) is 47.1 Å². The molecule has 2 aromatic rings. The highest BCUT2D eigenvalue weighted by molar-refractivity contribution is 9.10. The quantitative estimate of drug-likeness (QED) is 0.843. The van der Waals surface area contributed by atoms with Gasteiger partial charge in [-0.25, -0.2) is 4.39 Å².